The monoisotopic (exact) mass is 274 g/mol. The Kier molecular flexibility index (Phi) is 4.42. The van der Waals surface area contributed by atoms with Crippen LogP contribution in [0.25, 0.3) is 0 Å². The van der Waals surface area contributed by atoms with Crippen molar-refractivity contribution in [3.05, 3.63) is 34.1 Å². The third-order valence-corrected chi connectivity index (χ3v) is 2.27. The van der Waals surface area contributed by atoms with Gasteiger partial charge in [-0.1, -0.05) is 15.9 Å². The van der Waals surface area contributed by atoms with Crippen LogP contribution < -0.4 is 0 Å². The first-order valence-corrected chi connectivity index (χ1v) is 5.40. The zero-order valence-electron chi connectivity index (χ0n) is 8.59. The number of hydrogen-bond donors (Lipinski definition) is 0. The second-order valence-electron chi connectivity index (χ2n) is 3.41. The molecule has 0 aliphatic carbocycles. The van der Waals surface area contributed by atoms with E-state index in [1.54, 1.807) is 6.07 Å². The van der Waals surface area contributed by atoms with E-state index in [0.717, 1.165) is 0 Å². The lowest BCUT2D eigenvalue weighted by Crippen LogP contribution is -2.14. The molecule has 0 aliphatic rings. The maximum atomic E-state index is 13.2. The fourth-order valence-corrected chi connectivity index (χ4v) is 1.39. The van der Waals surface area contributed by atoms with Crippen LogP contribution >= 0.6 is 15.9 Å². The van der Waals surface area contributed by atoms with Crippen LogP contribution in [0.1, 0.15) is 24.2 Å². The van der Waals surface area contributed by atoms with Crippen molar-refractivity contribution in [1.29, 1.82) is 0 Å². The fourth-order valence-electron chi connectivity index (χ4n) is 1.03. The largest absolute Gasteiger partial charge is 0.371 e. The van der Waals surface area contributed by atoms with Crippen LogP contribution in [0.15, 0.2) is 22.7 Å². The Balaban J connectivity index is 2.77. The Morgan fingerprint density at radius 2 is 2.20 bits per heavy atom. The highest BCUT2D eigenvalue weighted by molar-refractivity contribution is 9.10. The van der Waals surface area contributed by atoms with Crippen molar-refractivity contribution < 1.29 is 13.9 Å². The third kappa shape index (κ3) is 3.72. The van der Waals surface area contributed by atoms with Crippen LogP contribution in [0, 0.1) is 5.82 Å². The first kappa shape index (κ1) is 12.3. The van der Waals surface area contributed by atoms with Gasteiger partial charge in [-0.15, -0.1) is 0 Å². The van der Waals surface area contributed by atoms with Crippen molar-refractivity contribution in [3.63, 3.8) is 0 Å². The van der Waals surface area contributed by atoms with Gasteiger partial charge in [-0.3, -0.25) is 4.79 Å². The Bertz CT molecular complexity index is 364. The van der Waals surface area contributed by atoms with Crippen LogP contribution in [-0.4, -0.2) is 18.5 Å². The van der Waals surface area contributed by atoms with Crippen LogP contribution in [0.4, 0.5) is 4.39 Å². The lowest BCUT2D eigenvalue weighted by Gasteiger charge is -2.07. The van der Waals surface area contributed by atoms with Gasteiger partial charge < -0.3 is 4.74 Å². The molecule has 0 aromatic heterocycles. The van der Waals surface area contributed by atoms with Gasteiger partial charge in [0, 0.05) is 4.47 Å². The zero-order valence-corrected chi connectivity index (χ0v) is 10.2. The van der Waals surface area contributed by atoms with E-state index in [0.29, 0.717) is 4.47 Å². The number of benzene rings is 1. The first-order chi connectivity index (χ1) is 7.00. The van der Waals surface area contributed by atoms with Crippen LogP contribution in [0.3, 0.4) is 0 Å². The Hall–Kier alpha value is -0.740. The second-order valence-corrected chi connectivity index (χ2v) is 4.32. The quantitative estimate of drug-likeness (QED) is 0.789. The van der Waals surface area contributed by atoms with E-state index in [9.17, 15) is 9.18 Å². The van der Waals surface area contributed by atoms with Gasteiger partial charge >= 0.3 is 0 Å². The smallest absolute Gasteiger partial charge is 0.191 e. The summed E-state index contributed by atoms with van der Waals surface area (Å²) >= 11 is 3.18. The highest BCUT2D eigenvalue weighted by Crippen LogP contribution is 2.16. The molecule has 2 nitrogen and oxygen atoms in total. The first-order valence-electron chi connectivity index (χ1n) is 4.60. The molecular weight excluding hydrogens is 263 g/mol. The average Bonchev–Trinajstić information content (AvgIpc) is 2.18. The predicted molar refractivity (Wildman–Crippen MR) is 59.5 cm³/mol. The number of hydrogen-bond acceptors (Lipinski definition) is 2. The Morgan fingerprint density at radius 3 is 2.80 bits per heavy atom. The number of carbonyl (C=O) groups excluding carboxylic acids is 1. The minimum Gasteiger partial charge on any atom is -0.371 e. The molecule has 0 N–H and O–H groups in total. The molecule has 0 saturated carbocycles. The predicted octanol–water partition coefficient (Wildman–Crippen LogP) is 3.20. The number of halogens is 2. The Morgan fingerprint density at radius 1 is 1.53 bits per heavy atom. The van der Waals surface area contributed by atoms with E-state index in [1.807, 2.05) is 13.8 Å². The molecule has 0 spiro atoms. The molecule has 82 valence electrons. The maximum absolute atomic E-state index is 13.2. The third-order valence-electron chi connectivity index (χ3n) is 1.78. The molecule has 0 aliphatic heterocycles. The molecule has 0 amide bonds. The standard InChI is InChI=1S/C11H12BrFO2/c1-7(2)15-6-11(14)9-5-8(12)3-4-10(9)13/h3-5,7H,6H2,1-2H3. The van der Waals surface area contributed by atoms with E-state index >= 15 is 0 Å². The number of Topliss-reactive ketones (excluding diaryl/α,β-unsaturated/α-hetero) is 1. The molecule has 1 aromatic rings. The molecule has 0 bridgehead atoms. The van der Waals surface area contributed by atoms with E-state index in [2.05, 4.69) is 15.9 Å². The summed E-state index contributed by atoms with van der Waals surface area (Å²) in [4.78, 5) is 11.5. The number of rotatable bonds is 4. The molecule has 0 heterocycles. The molecule has 0 unspecified atom stereocenters. The van der Waals surface area contributed by atoms with Crippen LogP contribution in [0.5, 0.6) is 0 Å². The highest BCUT2D eigenvalue weighted by atomic mass is 79.9. The molecule has 1 rings (SSSR count). The van der Waals surface area contributed by atoms with E-state index in [1.165, 1.54) is 12.1 Å². The minimum atomic E-state index is -0.518. The Labute approximate surface area is 96.6 Å². The van der Waals surface area contributed by atoms with Gasteiger partial charge in [0.05, 0.1) is 11.7 Å². The zero-order chi connectivity index (χ0) is 11.4. The van der Waals surface area contributed by atoms with Crippen LogP contribution in [0.2, 0.25) is 0 Å². The number of ketones is 1. The van der Waals surface area contributed by atoms with E-state index in [-0.39, 0.29) is 24.1 Å². The van der Waals surface area contributed by atoms with Crippen molar-refractivity contribution in [2.24, 2.45) is 0 Å². The van der Waals surface area contributed by atoms with Crippen molar-refractivity contribution in [2.75, 3.05) is 6.61 Å². The molecule has 4 heteroatoms. The molecule has 15 heavy (non-hydrogen) atoms. The molecule has 0 fully saturated rings. The van der Waals surface area contributed by atoms with Gasteiger partial charge in [0.2, 0.25) is 0 Å². The van der Waals surface area contributed by atoms with Gasteiger partial charge in [-0.2, -0.15) is 0 Å². The van der Waals surface area contributed by atoms with E-state index in [4.69, 9.17) is 4.74 Å². The second kappa shape index (κ2) is 5.37. The average molecular weight is 275 g/mol. The topological polar surface area (TPSA) is 26.3 Å². The summed E-state index contributed by atoms with van der Waals surface area (Å²) < 4.78 is 19.0. The summed E-state index contributed by atoms with van der Waals surface area (Å²) in [6, 6.07) is 4.27. The van der Waals surface area contributed by atoms with Gasteiger partial charge in [-0.25, -0.2) is 4.39 Å². The summed E-state index contributed by atoms with van der Waals surface area (Å²) in [6.07, 6.45) is -0.0378. The van der Waals surface area contributed by atoms with Crippen molar-refractivity contribution >= 4 is 21.7 Å². The normalized spacial score (nSPS) is 10.7. The SMILES string of the molecule is CC(C)OCC(=O)c1cc(Br)ccc1F. The van der Waals surface area contributed by atoms with Gasteiger partial charge in [0.15, 0.2) is 5.78 Å². The number of carbonyl (C=O) groups is 1. The lowest BCUT2D eigenvalue weighted by molar-refractivity contribution is 0.0581. The van der Waals surface area contributed by atoms with Gasteiger partial charge in [0.1, 0.15) is 12.4 Å². The lowest BCUT2D eigenvalue weighted by atomic mass is 10.1. The summed E-state index contributed by atoms with van der Waals surface area (Å²) in [6.45, 7) is 3.56. The molecule has 1 aromatic carbocycles. The van der Waals surface area contributed by atoms with E-state index < -0.39 is 5.82 Å². The van der Waals surface area contributed by atoms with Crippen molar-refractivity contribution in [2.45, 2.75) is 20.0 Å². The highest BCUT2D eigenvalue weighted by Gasteiger charge is 2.12. The minimum absolute atomic E-state index is 0.0378. The fraction of sp³-hybridized carbons (Fsp3) is 0.364. The molecule has 0 saturated heterocycles. The van der Waals surface area contributed by atoms with Crippen LogP contribution in [-0.2, 0) is 4.74 Å². The number of ether oxygens (including phenoxy) is 1. The summed E-state index contributed by atoms with van der Waals surface area (Å²) in [7, 11) is 0. The summed E-state index contributed by atoms with van der Waals surface area (Å²) in [5, 5.41) is 0. The molecular formula is C11H12BrFO2. The maximum Gasteiger partial charge on any atom is 0.191 e. The summed E-state index contributed by atoms with van der Waals surface area (Å²) in [5.74, 6) is -0.863. The van der Waals surface area contributed by atoms with Crippen molar-refractivity contribution in [1.82, 2.24) is 0 Å². The summed E-state index contributed by atoms with van der Waals surface area (Å²) in [5.41, 5.74) is 0.0602. The molecule has 0 radical (unpaired) electrons. The van der Waals surface area contributed by atoms with Crippen molar-refractivity contribution in [3.8, 4) is 0 Å². The molecule has 0 atom stereocenters. The van der Waals surface area contributed by atoms with Gasteiger partial charge in [-0.05, 0) is 32.0 Å². The van der Waals surface area contributed by atoms with Gasteiger partial charge in [0.25, 0.3) is 0 Å².